The van der Waals surface area contributed by atoms with Crippen LogP contribution in [0, 0.1) is 0 Å². The van der Waals surface area contributed by atoms with Gasteiger partial charge in [0.05, 0.1) is 17.9 Å². The lowest BCUT2D eigenvalue weighted by Gasteiger charge is -2.21. The van der Waals surface area contributed by atoms with E-state index in [1.165, 1.54) is 4.90 Å². The van der Waals surface area contributed by atoms with E-state index in [0.717, 1.165) is 0 Å². The first kappa shape index (κ1) is 16.7. The zero-order valence-electron chi connectivity index (χ0n) is 13.0. The minimum Gasteiger partial charge on any atom is -0.395 e. The van der Waals surface area contributed by atoms with E-state index in [1.807, 2.05) is 13.0 Å². The highest BCUT2D eigenvalue weighted by atomic mass is 16.3. The van der Waals surface area contributed by atoms with Crippen molar-refractivity contribution in [1.82, 2.24) is 4.90 Å². The van der Waals surface area contributed by atoms with Crippen LogP contribution < -0.4 is 5.32 Å². The van der Waals surface area contributed by atoms with Gasteiger partial charge in [0.15, 0.2) is 0 Å². The maximum atomic E-state index is 12.6. The second kappa shape index (κ2) is 8.10. The second-order valence-electron chi connectivity index (χ2n) is 4.97. The van der Waals surface area contributed by atoms with Crippen LogP contribution in [0.5, 0.6) is 0 Å². The van der Waals surface area contributed by atoms with Crippen molar-refractivity contribution in [3.05, 3.63) is 65.7 Å². The molecule has 0 saturated carbocycles. The number of hydrogen-bond donors (Lipinski definition) is 2. The van der Waals surface area contributed by atoms with Crippen molar-refractivity contribution in [2.24, 2.45) is 0 Å². The highest BCUT2D eigenvalue weighted by Crippen LogP contribution is 2.18. The third-order valence-electron chi connectivity index (χ3n) is 3.48. The normalized spacial score (nSPS) is 10.2. The summed E-state index contributed by atoms with van der Waals surface area (Å²) < 4.78 is 0. The molecule has 2 N–H and O–H groups in total. The first-order chi connectivity index (χ1) is 11.2. The van der Waals surface area contributed by atoms with Crippen LogP contribution >= 0.6 is 0 Å². The van der Waals surface area contributed by atoms with E-state index >= 15 is 0 Å². The van der Waals surface area contributed by atoms with E-state index in [4.69, 9.17) is 5.11 Å². The molecule has 23 heavy (non-hydrogen) atoms. The van der Waals surface area contributed by atoms with E-state index in [9.17, 15) is 9.59 Å². The summed E-state index contributed by atoms with van der Waals surface area (Å²) in [6, 6.07) is 15.7. The zero-order valence-corrected chi connectivity index (χ0v) is 13.0. The van der Waals surface area contributed by atoms with Gasteiger partial charge in [-0.25, -0.2) is 0 Å². The first-order valence-corrected chi connectivity index (χ1v) is 7.53. The Labute approximate surface area is 135 Å². The number of amides is 2. The van der Waals surface area contributed by atoms with E-state index < -0.39 is 0 Å². The Morgan fingerprint density at radius 2 is 1.70 bits per heavy atom. The molecule has 2 aromatic carbocycles. The van der Waals surface area contributed by atoms with Crippen LogP contribution in [0.3, 0.4) is 0 Å². The SMILES string of the molecule is CCN(CCO)C(=O)c1ccccc1NC(=O)c1ccccc1. The molecule has 0 saturated heterocycles. The van der Waals surface area contributed by atoms with Crippen molar-refractivity contribution in [2.45, 2.75) is 6.92 Å². The molecular weight excluding hydrogens is 292 g/mol. The Morgan fingerprint density at radius 3 is 2.35 bits per heavy atom. The molecule has 2 aromatic rings. The van der Waals surface area contributed by atoms with Crippen molar-refractivity contribution in [3.63, 3.8) is 0 Å². The van der Waals surface area contributed by atoms with Crippen molar-refractivity contribution >= 4 is 17.5 Å². The van der Waals surface area contributed by atoms with E-state index in [1.54, 1.807) is 48.5 Å². The van der Waals surface area contributed by atoms with Crippen LogP contribution in [0.15, 0.2) is 54.6 Å². The number of hydrogen-bond acceptors (Lipinski definition) is 3. The summed E-state index contributed by atoms with van der Waals surface area (Å²) in [5, 5.41) is 11.8. The zero-order chi connectivity index (χ0) is 16.7. The molecule has 0 spiro atoms. The van der Waals surface area contributed by atoms with Gasteiger partial charge in [-0.15, -0.1) is 0 Å². The molecule has 2 rings (SSSR count). The predicted octanol–water partition coefficient (Wildman–Crippen LogP) is 2.39. The molecule has 0 aliphatic carbocycles. The van der Waals surface area contributed by atoms with Crippen LogP contribution in [-0.2, 0) is 0 Å². The number of rotatable bonds is 6. The molecule has 5 heteroatoms. The van der Waals surface area contributed by atoms with Gasteiger partial charge in [-0.1, -0.05) is 30.3 Å². The molecule has 0 aliphatic heterocycles. The highest BCUT2D eigenvalue weighted by molar-refractivity contribution is 6.08. The third-order valence-corrected chi connectivity index (χ3v) is 3.48. The van der Waals surface area contributed by atoms with Crippen LogP contribution in [0.25, 0.3) is 0 Å². The molecule has 0 fully saturated rings. The number of aliphatic hydroxyl groups excluding tert-OH is 1. The van der Waals surface area contributed by atoms with Crippen LogP contribution in [0.4, 0.5) is 5.69 Å². The lowest BCUT2D eigenvalue weighted by Crippen LogP contribution is -2.34. The van der Waals surface area contributed by atoms with Crippen LogP contribution in [-0.4, -0.2) is 41.5 Å². The lowest BCUT2D eigenvalue weighted by molar-refractivity contribution is 0.0733. The largest absolute Gasteiger partial charge is 0.395 e. The van der Waals surface area contributed by atoms with Crippen molar-refractivity contribution < 1.29 is 14.7 Å². The van der Waals surface area contributed by atoms with Crippen molar-refractivity contribution in [3.8, 4) is 0 Å². The fraction of sp³-hybridized carbons (Fsp3) is 0.222. The fourth-order valence-corrected chi connectivity index (χ4v) is 2.26. The van der Waals surface area contributed by atoms with Crippen LogP contribution in [0.2, 0.25) is 0 Å². The molecule has 2 amide bonds. The molecule has 120 valence electrons. The molecule has 0 radical (unpaired) electrons. The summed E-state index contributed by atoms with van der Waals surface area (Å²) in [7, 11) is 0. The van der Waals surface area contributed by atoms with Crippen molar-refractivity contribution in [2.75, 3.05) is 25.0 Å². The van der Waals surface area contributed by atoms with Gasteiger partial charge in [0.2, 0.25) is 0 Å². The third kappa shape index (κ3) is 4.17. The van der Waals surface area contributed by atoms with E-state index in [0.29, 0.717) is 23.4 Å². The Kier molecular flexibility index (Phi) is 5.88. The van der Waals surface area contributed by atoms with E-state index in [-0.39, 0.29) is 25.0 Å². The molecule has 0 atom stereocenters. The van der Waals surface area contributed by atoms with Gasteiger partial charge in [-0.05, 0) is 31.2 Å². The number of aliphatic hydroxyl groups is 1. The summed E-state index contributed by atoms with van der Waals surface area (Å²) >= 11 is 0. The Hall–Kier alpha value is -2.66. The quantitative estimate of drug-likeness (QED) is 0.860. The number of likely N-dealkylation sites (N-methyl/N-ethyl adjacent to an activating group) is 1. The average molecular weight is 312 g/mol. The fourth-order valence-electron chi connectivity index (χ4n) is 2.26. The average Bonchev–Trinajstić information content (AvgIpc) is 2.60. The predicted molar refractivity (Wildman–Crippen MR) is 89.5 cm³/mol. The van der Waals surface area contributed by atoms with Gasteiger partial charge in [-0.2, -0.15) is 0 Å². The minimum atomic E-state index is -0.268. The number of carbonyl (C=O) groups excluding carboxylic acids is 2. The highest BCUT2D eigenvalue weighted by Gasteiger charge is 2.18. The van der Waals surface area contributed by atoms with Gasteiger partial charge in [0.25, 0.3) is 11.8 Å². The summed E-state index contributed by atoms with van der Waals surface area (Å²) in [6.45, 7) is 2.49. The Bertz CT molecular complexity index is 671. The molecule has 0 aliphatic rings. The summed E-state index contributed by atoms with van der Waals surface area (Å²) in [6.07, 6.45) is 0. The Balaban J connectivity index is 2.24. The van der Waals surface area contributed by atoms with Gasteiger partial charge >= 0.3 is 0 Å². The van der Waals surface area contributed by atoms with Crippen LogP contribution in [0.1, 0.15) is 27.6 Å². The number of anilines is 1. The monoisotopic (exact) mass is 312 g/mol. The molecule has 5 nitrogen and oxygen atoms in total. The molecule has 0 aromatic heterocycles. The number of nitrogens with one attached hydrogen (secondary N) is 1. The Morgan fingerprint density at radius 1 is 1.04 bits per heavy atom. The lowest BCUT2D eigenvalue weighted by atomic mass is 10.1. The molecule has 0 heterocycles. The summed E-state index contributed by atoms with van der Waals surface area (Å²) in [5.41, 5.74) is 1.40. The molecule has 0 bridgehead atoms. The standard InChI is InChI=1S/C18H20N2O3/c1-2-20(12-13-21)18(23)15-10-6-7-11-16(15)19-17(22)14-8-4-3-5-9-14/h3-11,21H,2,12-13H2,1H3,(H,19,22). The number of para-hydroxylation sites is 1. The maximum Gasteiger partial charge on any atom is 0.256 e. The first-order valence-electron chi connectivity index (χ1n) is 7.53. The number of benzene rings is 2. The molecule has 0 unspecified atom stereocenters. The maximum absolute atomic E-state index is 12.6. The topological polar surface area (TPSA) is 69.6 Å². The van der Waals surface area contributed by atoms with Gasteiger partial charge < -0.3 is 15.3 Å². The number of nitrogens with zero attached hydrogens (tertiary/aromatic N) is 1. The van der Waals surface area contributed by atoms with E-state index in [2.05, 4.69) is 5.32 Å². The minimum absolute atomic E-state index is 0.0991. The van der Waals surface area contributed by atoms with Gasteiger partial charge in [0, 0.05) is 18.7 Å². The summed E-state index contributed by atoms with van der Waals surface area (Å²) in [5.74, 6) is -0.485. The van der Waals surface area contributed by atoms with Gasteiger partial charge in [-0.3, -0.25) is 9.59 Å². The van der Waals surface area contributed by atoms with Gasteiger partial charge in [0.1, 0.15) is 0 Å². The second-order valence-corrected chi connectivity index (χ2v) is 4.97. The summed E-state index contributed by atoms with van der Waals surface area (Å²) in [4.78, 5) is 26.4. The van der Waals surface area contributed by atoms with Crippen molar-refractivity contribution in [1.29, 1.82) is 0 Å². The smallest absolute Gasteiger partial charge is 0.256 e. The number of carbonyl (C=O) groups is 2. The molecular formula is C18H20N2O3.